The van der Waals surface area contributed by atoms with E-state index in [9.17, 15) is 9.59 Å². The van der Waals surface area contributed by atoms with Crippen LogP contribution in [-0.4, -0.2) is 31.4 Å². The van der Waals surface area contributed by atoms with E-state index in [1.165, 1.54) is 11.3 Å². The van der Waals surface area contributed by atoms with Gasteiger partial charge in [0.15, 0.2) is 0 Å². The predicted octanol–water partition coefficient (Wildman–Crippen LogP) is 3.94. The van der Waals surface area contributed by atoms with Crippen LogP contribution in [0.1, 0.15) is 83.1 Å². The summed E-state index contributed by atoms with van der Waals surface area (Å²) in [5.41, 5.74) is 1.95. The molecule has 0 aliphatic rings. The molecular formula is C22H30N6O2S. The van der Waals surface area contributed by atoms with Gasteiger partial charge in [-0.3, -0.25) is 19.0 Å². The first-order valence-corrected chi connectivity index (χ1v) is 11.6. The first-order valence-electron chi connectivity index (χ1n) is 10.7. The smallest absolute Gasteiger partial charge is 0.261 e. The lowest BCUT2D eigenvalue weighted by Gasteiger charge is -2.15. The largest absolute Gasteiger partial charge is 0.344 e. The van der Waals surface area contributed by atoms with E-state index in [1.807, 2.05) is 49.5 Å². The molecule has 3 aromatic rings. The maximum Gasteiger partial charge on any atom is 0.261 e. The van der Waals surface area contributed by atoms with Crippen LogP contribution in [0.15, 0.2) is 36.9 Å². The number of carbonyl (C=O) groups excluding carboxylic acids is 2. The summed E-state index contributed by atoms with van der Waals surface area (Å²) in [6.45, 7) is 9.65. The number of amides is 2. The molecule has 8 nitrogen and oxygen atoms in total. The third kappa shape index (κ3) is 5.41. The summed E-state index contributed by atoms with van der Waals surface area (Å²) in [5, 5.41) is 14.7. The Hall–Kier alpha value is -2.94. The minimum Gasteiger partial charge on any atom is -0.344 e. The van der Waals surface area contributed by atoms with Crippen LogP contribution in [-0.2, 0) is 13.1 Å². The maximum absolute atomic E-state index is 12.8. The van der Waals surface area contributed by atoms with Crippen molar-refractivity contribution in [2.75, 3.05) is 0 Å². The topological polar surface area (TPSA) is 93.8 Å². The maximum atomic E-state index is 12.8. The third-order valence-corrected chi connectivity index (χ3v) is 6.32. The van der Waals surface area contributed by atoms with Crippen molar-refractivity contribution in [3.05, 3.63) is 57.8 Å². The highest BCUT2D eigenvalue weighted by Gasteiger charge is 2.20. The molecule has 0 aliphatic heterocycles. The second-order valence-corrected chi connectivity index (χ2v) is 8.37. The quantitative estimate of drug-likeness (QED) is 0.497. The van der Waals surface area contributed by atoms with Crippen LogP contribution in [0.5, 0.6) is 0 Å². The minimum absolute atomic E-state index is 0.119. The van der Waals surface area contributed by atoms with Crippen LogP contribution in [0.25, 0.3) is 0 Å². The van der Waals surface area contributed by atoms with Crippen molar-refractivity contribution in [1.82, 2.24) is 30.2 Å². The van der Waals surface area contributed by atoms with Crippen LogP contribution in [0.4, 0.5) is 0 Å². The van der Waals surface area contributed by atoms with Crippen molar-refractivity contribution in [1.29, 1.82) is 0 Å². The molecule has 2 N–H and O–H groups in total. The summed E-state index contributed by atoms with van der Waals surface area (Å²) in [7, 11) is 0. The zero-order valence-electron chi connectivity index (χ0n) is 18.5. The van der Waals surface area contributed by atoms with Crippen LogP contribution in [0, 0.1) is 0 Å². The van der Waals surface area contributed by atoms with E-state index in [0.29, 0.717) is 9.75 Å². The van der Waals surface area contributed by atoms with Gasteiger partial charge in [-0.2, -0.15) is 10.2 Å². The van der Waals surface area contributed by atoms with Crippen LogP contribution in [0.3, 0.4) is 0 Å². The Morgan fingerprint density at radius 3 is 1.58 bits per heavy atom. The van der Waals surface area contributed by atoms with Gasteiger partial charge < -0.3 is 10.6 Å². The number of aromatic nitrogens is 4. The Kier molecular flexibility index (Phi) is 7.62. The highest BCUT2D eigenvalue weighted by atomic mass is 32.1. The molecule has 3 heterocycles. The molecule has 166 valence electrons. The number of carbonyl (C=O) groups is 2. The molecule has 0 fully saturated rings. The van der Waals surface area contributed by atoms with Crippen LogP contribution < -0.4 is 10.6 Å². The number of rotatable bonds is 10. The van der Waals surface area contributed by atoms with E-state index in [1.54, 1.807) is 24.5 Å². The van der Waals surface area contributed by atoms with Gasteiger partial charge in [0.2, 0.25) is 0 Å². The molecule has 0 aromatic carbocycles. The Balaban J connectivity index is 1.65. The fraction of sp³-hybridized carbons (Fsp3) is 0.455. The molecule has 9 heteroatoms. The normalized spacial score (nSPS) is 13.0. The minimum atomic E-state index is -0.184. The van der Waals surface area contributed by atoms with Crippen LogP contribution in [0.2, 0.25) is 0 Å². The lowest BCUT2D eigenvalue weighted by Crippen LogP contribution is -2.28. The number of thiophene rings is 1. The number of aryl methyl sites for hydroxylation is 2. The first kappa shape index (κ1) is 22.7. The number of hydrogen-bond donors (Lipinski definition) is 2. The van der Waals surface area contributed by atoms with E-state index in [-0.39, 0.29) is 23.9 Å². The standard InChI is InChI=1S/C22H30N6O2S/c1-5-17(15-11-23-27(7-3)13-15)25-21(29)19-9-10-20(31-19)22(30)26-18(6-2)16-12-24-28(8-4)14-16/h9-14,17-18H,5-8H2,1-4H3,(H,25,29)(H,26,30). The molecule has 2 atom stereocenters. The molecule has 0 saturated heterocycles. The van der Waals surface area contributed by atoms with E-state index in [2.05, 4.69) is 20.8 Å². The summed E-state index contributed by atoms with van der Waals surface area (Å²) in [5.74, 6) is -0.368. The zero-order chi connectivity index (χ0) is 22.4. The summed E-state index contributed by atoms with van der Waals surface area (Å²) < 4.78 is 3.68. The molecule has 0 radical (unpaired) electrons. The Morgan fingerprint density at radius 2 is 1.26 bits per heavy atom. The van der Waals surface area contributed by atoms with Crippen molar-refractivity contribution in [2.24, 2.45) is 0 Å². The van der Waals surface area contributed by atoms with E-state index < -0.39 is 0 Å². The predicted molar refractivity (Wildman–Crippen MR) is 121 cm³/mol. The van der Waals surface area contributed by atoms with E-state index >= 15 is 0 Å². The SMILES string of the molecule is CCC(NC(=O)c1ccc(C(=O)NC(CC)c2cnn(CC)c2)s1)c1cnn(CC)c1. The number of nitrogens with one attached hydrogen (secondary N) is 2. The monoisotopic (exact) mass is 442 g/mol. The Morgan fingerprint density at radius 1 is 0.839 bits per heavy atom. The molecule has 0 aliphatic carbocycles. The molecule has 2 amide bonds. The summed E-state index contributed by atoms with van der Waals surface area (Å²) in [6, 6.07) is 3.17. The molecule has 0 bridgehead atoms. The molecule has 3 rings (SSSR count). The van der Waals surface area contributed by atoms with Crippen molar-refractivity contribution in [2.45, 2.75) is 65.7 Å². The average Bonchev–Trinajstić information content (AvgIpc) is 3.55. The first-order chi connectivity index (χ1) is 15.0. The summed E-state index contributed by atoms with van der Waals surface area (Å²) >= 11 is 1.20. The van der Waals surface area contributed by atoms with Gasteiger partial charge in [0, 0.05) is 36.6 Å². The zero-order valence-corrected chi connectivity index (χ0v) is 19.3. The molecule has 0 spiro atoms. The van der Waals surface area contributed by atoms with E-state index in [4.69, 9.17) is 0 Å². The fourth-order valence-corrected chi connectivity index (χ4v) is 4.16. The van der Waals surface area contributed by atoms with Gasteiger partial charge in [0.25, 0.3) is 11.8 Å². The lowest BCUT2D eigenvalue weighted by molar-refractivity contribution is 0.0933. The Bertz CT molecular complexity index is 942. The van der Waals surface area contributed by atoms with Crippen molar-refractivity contribution >= 4 is 23.2 Å². The van der Waals surface area contributed by atoms with E-state index in [0.717, 1.165) is 37.1 Å². The van der Waals surface area contributed by atoms with Crippen molar-refractivity contribution < 1.29 is 9.59 Å². The molecule has 0 saturated carbocycles. The Labute approximate surface area is 186 Å². The van der Waals surface area contributed by atoms with Gasteiger partial charge in [0.05, 0.1) is 34.2 Å². The van der Waals surface area contributed by atoms with Crippen LogP contribution >= 0.6 is 11.3 Å². The lowest BCUT2D eigenvalue weighted by atomic mass is 10.1. The second-order valence-electron chi connectivity index (χ2n) is 7.29. The van der Waals surface area contributed by atoms with Gasteiger partial charge in [-0.15, -0.1) is 11.3 Å². The molecular weight excluding hydrogens is 412 g/mol. The highest BCUT2D eigenvalue weighted by Crippen LogP contribution is 2.22. The number of nitrogens with zero attached hydrogens (tertiary/aromatic N) is 4. The highest BCUT2D eigenvalue weighted by molar-refractivity contribution is 7.15. The summed E-state index contributed by atoms with van der Waals surface area (Å²) in [6.07, 6.45) is 8.99. The third-order valence-electron chi connectivity index (χ3n) is 5.24. The van der Waals surface area contributed by atoms with Gasteiger partial charge in [-0.25, -0.2) is 0 Å². The van der Waals surface area contributed by atoms with Gasteiger partial charge in [-0.1, -0.05) is 13.8 Å². The van der Waals surface area contributed by atoms with Gasteiger partial charge >= 0.3 is 0 Å². The molecule has 31 heavy (non-hydrogen) atoms. The van der Waals surface area contributed by atoms with Gasteiger partial charge in [0.1, 0.15) is 0 Å². The van der Waals surface area contributed by atoms with Gasteiger partial charge in [-0.05, 0) is 38.8 Å². The van der Waals surface area contributed by atoms with Crippen molar-refractivity contribution in [3.8, 4) is 0 Å². The average molecular weight is 443 g/mol. The molecule has 3 aromatic heterocycles. The second kappa shape index (κ2) is 10.4. The number of hydrogen-bond acceptors (Lipinski definition) is 5. The fourth-order valence-electron chi connectivity index (χ4n) is 3.35. The summed E-state index contributed by atoms with van der Waals surface area (Å²) in [4.78, 5) is 26.6. The van der Waals surface area contributed by atoms with Crippen molar-refractivity contribution in [3.63, 3.8) is 0 Å². The molecule has 2 unspecified atom stereocenters.